The maximum Gasteiger partial charge on any atom is 0.163 e. The van der Waals surface area contributed by atoms with Gasteiger partial charge in [-0.3, -0.25) is 4.79 Å². The Hall–Kier alpha value is -1.61. The predicted octanol–water partition coefficient (Wildman–Crippen LogP) is 3.53. The largest absolute Gasteiger partial charge is 0.384 e. The molecule has 2 nitrogen and oxygen atoms in total. The molecule has 0 fully saturated rings. The highest BCUT2D eigenvalue weighted by Gasteiger charge is 2.13. The maximum absolute atomic E-state index is 12.1. The molecule has 3 rings (SSSR count). The monoisotopic (exact) mass is 257 g/mol. The first-order chi connectivity index (χ1) is 8.83. The van der Waals surface area contributed by atoms with Crippen molar-refractivity contribution < 1.29 is 4.79 Å². The minimum absolute atomic E-state index is 0.246. The van der Waals surface area contributed by atoms with E-state index in [-0.39, 0.29) is 5.78 Å². The number of rotatable bonds is 4. The van der Waals surface area contributed by atoms with E-state index in [1.54, 1.807) is 11.3 Å². The Balaban J connectivity index is 1.69. The van der Waals surface area contributed by atoms with Crippen molar-refractivity contribution in [3.63, 3.8) is 0 Å². The third-order valence-electron chi connectivity index (χ3n) is 3.36. The van der Waals surface area contributed by atoms with Crippen LogP contribution < -0.4 is 5.32 Å². The van der Waals surface area contributed by atoms with Gasteiger partial charge in [-0.25, -0.2) is 0 Å². The highest BCUT2D eigenvalue weighted by atomic mass is 32.1. The number of carbonyl (C=O) groups is 1. The van der Waals surface area contributed by atoms with Crippen LogP contribution >= 0.6 is 11.3 Å². The normalized spacial score (nSPS) is 13.1. The molecule has 0 atom stereocenters. The Kier molecular flexibility index (Phi) is 3.15. The quantitative estimate of drug-likeness (QED) is 0.849. The zero-order valence-corrected chi connectivity index (χ0v) is 10.9. The van der Waals surface area contributed by atoms with Crippen LogP contribution in [0, 0.1) is 0 Å². The zero-order chi connectivity index (χ0) is 12.4. The number of ketones is 1. The third kappa shape index (κ3) is 2.31. The van der Waals surface area contributed by atoms with Crippen molar-refractivity contribution in [2.75, 3.05) is 11.9 Å². The minimum atomic E-state index is 0.246. The van der Waals surface area contributed by atoms with Gasteiger partial charge in [-0.1, -0.05) is 0 Å². The standard InChI is InChI=1S/C15H15NOS/c17-15(4-1-11-6-8-18-10-11)13-2-3-14-12(9-13)5-7-16-14/h2-3,6,8-10,16H,1,4-5,7H2. The fourth-order valence-corrected chi connectivity index (χ4v) is 3.02. The Morgan fingerprint density at radius 2 is 2.28 bits per heavy atom. The van der Waals surface area contributed by atoms with Crippen molar-refractivity contribution in [2.45, 2.75) is 19.3 Å². The first-order valence-corrected chi connectivity index (χ1v) is 7.18. The molecule has 2 aromatic rings. The highest BCUT2D eigenvalue weighted by Crippen LogP contribution is 2.23. The molecule has 0 unspecified atom stereocenters. The van der Waals surface area contributed by atoms with E-state index in [9.17, 15) is 4.79 Å². The zero-order valence-electron chi connectivity index (χ0n) is 10.1. The first kappa shape index (κ1) is 11.5. The summed E-state index contributed by atoms with van der Waals surface area (Å²) in [4.78, 5) is 12.1. The van der Waals surface area contributed by atoms with Crippen LogP contribution in [-0.4, -0.2) is 12.3 Å². The van der Waals surface area contributed by atoms with E-state index in [0.717, 1.165) is 24.9 Å². The molecule has 0 aliphatic carbocycles. The first-order valence-electron chi connectivity index (χ1n) is 6.24. The molecule has 0 radical (unpaired) electrons. The molecule has 0 spiro atoms. The van der Waals surface area contributed by atoms with Gasteiger partial charge in [0.05, 0.1) is 0 Å². The fraction of sp³-hybridized carbons (Fsp3) is 0.267. The summed E-state index contributed by atoms with van der Waals surface area (Å²) in [6.45, 7) is 0.988. The van der Waals surface area contributed by atoms with Gasteiger partial charge in [-0.2, -0.15) is 11.3 Å². The van der Waals surface area contributed by atoms with Gasteiger partial charge in [0.1, 0.15) is 0 Å². The van der Waals surface area contributed by atoms with Crippen LogP contribution in [0.3, 0.4) is 0 Å². The van der Waals surface area contributed by atoms with Gasteiger partial charge in [0.25, 0.3) is 0 Å². The summed E-state index contributed by atoms with van der Waals surface area (Å²) in [6, 6.07) is 8.10. The average Bonchev–Trinajstić information content (AvgIpc) is 3.05. The van der Waals surface area contributed by atoms with Crippen LogP contribution in [0.1, 0.15) is 27.9 Å². The van der Waals surface area contributed by atoms with Gasteiger partial charge < -0.3 is 5.32 Å². The van der Waals surface area contributed by atoms with Crippen molar-refractivity contribution in [3.8, 4) is 0 Å². The number of hydrogen-bond donors (Lipinski definition) is 1. The van der Waals surface area contributed by atoms with E-state index in [1.807, 2.05) is 18.2 Å². The van der Waals surface area contributed by atoms with Crippen LogP contribution in [-0.2, 0) is 12.8 Å². The van der Waals surface area contributed by atoms with Crippen LogP contribution in [0.25, 0.3) is 0 Å². The van der Waals surface area contributed by atoms with Crippen LogP contribution in [0.2, 0.25) is 0 Å². The number of anilines is 1. The van der Waals surface area contributed by atoms with Crippen molar-refractivity contribution in [2.24, 2.45) is 0 Å². The van der Waals surface area contributed by atoms with Crippen LogP contribution in [0.15, 0.2) is 35.0 Å². The number of aryl methyl sites for hydroxylation is 1. The fourth-order valence-electron chi connectivity index (χ4n) is 2.32. The van der Waals surface area contributed by atoms with Crippen LogP contribution in [0.4, 0.5) is 5.69 Å². The van der Waals surface area contributed by atoms with Crippen LogP contribution in [0.5, 0.6) is 0 Å². The Morgan fingerprint density at radius 3 is 3.11 bits per heavy atom. The van der Waals surface area contributed by atoms with Crippen molar-refractivity contribution in [1.29, 1.82) is 0 Å². The van der Waals surface area contributed by atoms with E-state index in [4.69, 9.17) is 0 Å². The summed E-state index contributed by atoms with van der Waals surface area (Å²) < 4.78 is 0. The Bertz CT molecular complexity index is 560. The summed E-state index contributed by atoms with van der Waals surface area (Å²) in [6.07, 6.45) is 2.47. The lowest BCUT2D eigenvalue weighted by Gasteiger charge is -2.04. The predicted molar refractivity (Wildman–Crippen MR) is 75.6 cm³/mol. The molecule has 2 heterocycles. The molecule has 1 aliphatic rings. The summed E-state index contributed by atoms with van der Waals surface area (Å²) in [5.74, 6) is 0.246. The van der Waals surface area contributed by atoms with Gasteiger partial charge in [0.2, 0.25) is 0 Å². The SMILES string of the molecule is O=C(CCc1ccsc1)c1ccc2c(c1)CCN2. The second-order valence-electron chi connectivity index (χ2n) is 4.60. The molecule has 0 amide bonds. The number of nitrogens with one attached hydrogen (secondary N) is 1. The summed E-state index contributed by atoms with van der Waals surface area (Å²) in [5, 5.41) is 7.48. The molecule has 92 valence electrons. The van der Waals surface area contributed by atoms with E-state index >= 15 is 0 Å². The van der Waals surface area contributed by atoms with E-state index < -0.39 is 0 Å². The van der Waals surface area contributed by atoms with Gasteiger partial charge in [-0.05, 0) is 59.0 Å². The molecule has 1 aromatic carbocycles. The lowest BCUT2D eigenvalue weighted by atomic mass is 10.0. The maximum atomic E-state index is 12.1. The third-order valence-corrected chi connectivity index (χ3v) is 4.09. The van der Waals surface area contributed by atoms with Crippen molar-refractivity contribution in [1.82, 2.24) is 0 Å². The minimum Gasteiger partial charge on any atom is -0.384 e. The van der Waals surface area contributed by atoms with E-state index in [2.05, 4.69) is 22.1 Å². The molecule has 0 bridgehead atoms. The Labute approximate surface area is 111 Å². The number of Topliss-reactive ketones (excluding diaryl/α,β-unsaturated/α-hetero) is 1. The molecule has 1 aromatic heterocycles. The highest BCUT2D eigenvalue weighted by molar-refractivity contribution is 7.07. The smallest absolute Gasteiger partial charge is 0.163 e. The van der Waals surface area contributed by atoms with E-state index in [0.29, 0.717) is 6.42 Å². The number of thiophene rings is 1. The lowest BCUT2D eigenvalue weighted by molar-refractivity contribution is 0.0983. The Morgan fingerprint density at radius 1 is 1.33 bits per heavy atom. The summed E-state index contributed by atoms with van der Waals surface area (Å²) in [5.41, 5.74) is 4.57. The molecule has 18 heavy (non-hydrogen) atoms. The number of fused-ring (bicyclic) bond motifs is 1. The average molecular weight is 257 g/mol. The van der Waals surface area contributed by atoms with Gasteiger partial charge in [-0.15, -0.1) is 0 Å². The summed E-state index contributed by atoms with van der Waals surface area (Å²) in [7, 11) is 0. The molecule has 1 N–H and O–H groups in total. The number of carbonyl (C=O) groups excluding carboxylic acids is 1. The number of hydrogen-bond acceptors (Lipinski definition) is 3. The molecular weight excluding hydrogens is 242 g/mol. The summed E-state index contributed by atoms with van der Waals surface area (Å²) >= 11 is 1.68. The van der Waals surface area contributed by atoms with Gasteiger partial charge in [0, 0.05) is 24.2 Å². The molecule has 3 heteroatoms. The van der Waals surface area contributed by atoms with Gasteiger partial charge in [0.15, 0.2) is 5.78 Å². The van der Waals surface area contributed by atoms with E-state index in [1.165, 1.54) is 16.8 Å². The second kappa shape index (κ2) is 4.94. The number of benzene rings is 1. The topological polar surface area (TPSA) is 29.1 Å². The van der Waals surface area contributed by atoms with Crippen molar-refractivity contribution in [3.05, 3.63) is 51.7 Å². The van der Waals surface area contributed by atoms with Crippen molar-refractivity contribution >= 4 is 22.8 Å². The van der Waals surface area contributed by atoms with Gasteiger partial charge >= 0.3 is 0 Å². The lowest BCUT2D eigenvalue weighted by Crippen LogP contribution is -2.01. The molecule has 0 saturated heterocycles. The molecular formula is C15H15NOS. The second-order valence-corrected chi connectivity index (χ2v) is 5.38. The molecule has 1 aliphatic heterocycles. The molecule has 0 saturated carbocycles.